The maximum atomic E-state index is 10.8. The molecule has 1 rings (SSSR count). The van der Waals surface area contributed by atoms with Crippen LogP contribution >= 0.6 is 0 Å². The molecule has 0 saturated heterocycles. The van der Waals surface area contributed by atoms with Gasteiger partial charge in [-0.05, 0) is 12.1 Å². The first kappa shape index (κ1) is 11.5. The summed E-state index contributed by atoms with van der Waals surface area (Å²) in [4.78, 5) is 10.8. The smallest absolute Gasteiger partial charge is 0.360 e. The van der Waals surface area contributed by atoms with Crippen molar-refractivity contribution in [1.82, 2.24) is 0 Å². The molecular weight excluding hydrogens is 222 g/mol. The number of benzene rings is 1. The van der Waals surface area contributed by atoms with Gasteiger partial charge in [0, 0.05) is 6.92 Å². The van der Waals surface area contributed by atoms with Crippen LogP contribution in [0, 0.1) is 0 Å². The van der Waals surface area contributed by atoms with Crippen molar-refractivity contribution in [3.05, 3.63) is 24.3 Å². The highest BCUT2D eigenvalue weighted by molar-refractivity contribution is 7.81. The molecule has 2 N–H and O–H groups in total. The molecule has 1 aromatic carbocycles. The number of hydrogen-bond donors (Lipinski definition) is 2. The van der Waals surface area contributed by atoms with Gasteiger partial charge in [0.25, 0.3) is 0 Å². The van der Waals surface area contributed by atoms with Crippen LogP contribution in [0.4, 0.5) is 5.69 Å². The van der Waals surface area contributed by atoms with Gasteiger partial charge in [0.15, 0.2) is 5.75 Å². The fourth-order valence-corrected chi connectivity index (χ4v) is 1.32. The molecule has 1 amide bonds. The molecule has 0 fully saturated rings. The number of amides is 1. The fourth-order valence-electron chi connectivity index (χ4n) is 0.946. The monoisotopic (exact) mass is 231 g/mol. The topological polar surface area (TPSA) is 92.7 Å². The lowest BCUT2D eigenvalue weighted by Gasteiger charge is -2.07. The quantitative estimate of drug-likeness (QED) is 0.751. The van der Waals surface area contributed by atoms with E-state index in [2.05, 4.69) is 9.50 Å². The first-order chi connectivity index (χ1) is 6.88. The molecule has 0 spiro atoms. The first-order valence-electron chi connectivity index (χ1n) is 3.92. The molecule has 0 aliphatic carbocycles. The molecule has 82 valence electrons. The molecule has 0 aromatic heterocycles. The maximum absolute atomic E-state index is 10.8. The lowest BCUT2D eigenvalue weighted by atomic mass is 10.3. The summed E-state index contributed by atoms with van der Waals surface area (Å²) in [6, 6.07) is 5.84. The van der Waals surface area contributed by atoms with Gasteiger partial charge in [-0.3, -0.25) is 9.35 Å². The van der Waals surface area contributed by atoms with Crippen molar-refractivity contribution in [2.24, 2.45) is 0 Å². The standard InChI is InChI=1S/C8H9NO5S/c1-6(10)9-7-4-2-3-5-8(7)14-15(11,12)13/h2-5H,1H3,(H,9,10)(H,11,12,13). The van der Waals surface area contributed by atoms with Crippen LogP contribution in [0.3, 0.4) is 0 Å². The lowest BCUT2D eigenvalue weighted by Crippen LogP contribution is -2.11. The Morgan fingerprint density at radius 1 is 1.40 bits per heavy atom. The van der Waals surface area contributed by atoms with Crippen molar-refractivity contribution in [1.29, 1.82) is 0 Å². The minimum absolute atomic E-state index is 0.143. The number of carbonyl (C=O) groups excluding carboxylic acids is 1. The number of hydrogen-bond acceptors (Lipinski definition) is 4. The summed E-state index contributed by atoms with van der Waals surface area (Å²) in [7, 11) is -4.59. The van der Waals surface area contributed by atoms with Crippen LogP contribution in [0.5, 0.6) is 5.75 Å². The summed E-state index contributed by atoms with van der Waals surface area (Å²) in [5.74, 6) is -0.517. The minimum Gasteiger partial charge on any atom is -0.360 e. The van der Waals surface area contributed by atoms with Gasteiger partial charge in [-0.1, -0.05) is 12.1 Å². The maximum Gasteiger partial charge on any atom is 0.446 e. The molecule has 1 aromatic rings. The largest absolute Gasteiger partial charge is 0.446 e. The van der Waals surface area contributed by atoms with Crippen LogP contribution in [0.1, 0.15) is 6.92 Å². The SMILES string of the molecule is CC(=O)Nc1ccccc1OS(=O)(=O)O. The van der Waals surface area contributed by atoms with Gasteiger partial charge < -0.3 is 9.50 Å². The van der Waals surface area contributed by atoms with Crippen LogP contribution in [0.25, 0.3) is 0 Å². The van der Waals surface area contributed by atoms with Gasteiger partial charge in [-0.25, -0.2) is 0 Å². The van der Waals surface area contributed by atoms with Crippen molar-refractivity contribution in [3.63, 3.8) is 0 Å². The van der Waals surface area contributed by atoms with E-state index < -0.39 is 10.4 Å². The molecule has 7 heteroatoms. The van der Waals surface area contributed by atoms with Crippen molar-refractivity contribution >= 4 is 22.0 Å². The molecule has 0 radical (unpaired) electrons. The molecule has 6 nitrogen and oxygen atoms in total. The molecule has 0 saturated carbocycles. The molecular formula is C8H9NO5S. The van der Waals surface area contributed by atoms with Gasteiger partial charge >= 0.3 is 10.4 Å². The van der Waals surface area contributed by atoms with E-state index in [9.17, 15) is 13.2 Å². The van der Waals surface area contributed by atoms with Crippen LogP contribution in [0.15, 0.2) is 24.3 Å². The predicted octanol–water partition coefficient (Wildman–Crippen LogP) is 0.827. The Balaban J connectivity index is 3.01. The lowest BCUT2D eigenvalue weighted by molar-refractivity contribution is -0.114. The predicted molar refractivity (Wildman–Crippen MR) is 52.9 cm³/mol. The second-order valence-electron chi connectivity index (χ2n) is 2.69. The average Bonchev–Trinajstić information content (AvgIpc) is 2.05. The minimum atomic E-state index is -4.59. The number of anilines is 1. The summed E-state index contributed by atoms with van der Waals surface area (Å²) in [6.45, 7) is 1.27. The summed E-state index contributed by atoms with van der Waals surface area (Å²) in [6.07, 6.45) is 0. The Morgan fingerprint density at radius 3 is 2.53 bits per heavy atom. The third kappa shape index (κ3) is 3.96. The fraction of sp³-hybridized carbons (Fsp3) is 0.125. The molecule has 0 aliphatic rings. The van der Waals surface area contributed by atoms with Gasteiger partial charge in [0.1, 0.15) is 0 Å². The Morgan fingerprint density at radius 2 is 2.00 bits per heavy atom. The molecule has 0 atom stereocenters. The molecule has 0 unspecified atom stereocenters. The van der Waals surface area contributed by atoms with E-state index in [0.717, 1.165) is 0 Å². The van der Waals surface area contributed by atoms with Crippen LogP contribution in [-0.2, 0) is 15.2 Å². The van der Waals surface area contributed by atoms with Crippen LogP contribution in [0.2, 0.25) is 0 Å². The third-order valence-electron chi connectivity index (χ3n) is 1.39. The van der Waals surface area contributed by atoms with E-state index in [-0.39, 0.29) is 17.3 Å². The Hall–Kier alpha value is -1.60. The molecule has 0 heterocycles. The van der Waals surface area contributed by atoms with Crippen LogP contribution < -0.4 is 9.50 Å². The zero-order valence-electron chi connectivity index (χ0n) is 7.80. The molecule has 0 bridgehead atoms. The second kappa shape index (κ2) is 4.28. The number of para-hydroxylation sites is 2. The van der Waals surface area contributed by atoms with E-state index in [1.165, 1.54) is 25.1 Å². The summed E-state index contributed by atoms with van der Waals surface area (Å²) >= 11 is 0. The molecule has 0 aliphatic heterocycles. The Bertz CT molecular complexity index is 468. The molecule has 15 heavy (non-hydrogen) atoms. The van der Waals surface area contributed by atoms with Crippen molar-refractivity contribution in [2.75, 3.05) is 5.32 Å². The van der Waals surface area contributed by atoms with Crippen molar-refractivity contribution in [3.8, 4) is 5.75 Å². The second-order valence-corrected chi connectivity index (χ2v) is 3.71. The Kier molecular flexibility index (Phi) is 3.28. The number of rotatable bonds is 3. The highest BCUT2D eigenvalue weighted by atomic mass is 32.3. The highest BCUT2D eigenvalue weighted by Crippen LogP contribution is 2.24. The Labute approximate surface area is 86.8 Å². The average molecular weight is 231 g/mol. The van der Waals surface area contributed by atoms with Gasteiger partial charge in [-0.2, -0.15) is 8.42 Å². The van der Waals surface area contributed by atoms with E-state index >= 15 is 0 Å². The van der Waals surface area contributed by atoms with Crippen LogP contribution in [-0.4, -0.2) is 18.9 Å². The first-order valence-corrected chi connectivity index (χ1v) is 5.28. The zero-order chi connectivity index (χ0) is 11.5. The summed E-state index contributed by atoms with van der Waals surface area (Å²) in [5.41, 5.74) is 0.169. The van der Waals surface area contributed by atoms with Crippen molar-refractivity contribution < 1.29 is 21.9 Å². The normalized spacial score (nSPS) is 10.8. The summed E-state index contributed by atoms with van der Waals surface area (Å²) < 4.78 is 33.6. The zero-order valence-corrected chi connectivity index (χ0v) is 8.61. The van der Waals surface area contributed by atoms with E-state index in [0.29, 0.717) is 0 Å². The van der Waals surface area contributed by atoms with Gasteiger partial charge in [0.05, 0.1) is 5.69 Å². The highest BCUT2D eigenvalue weighted by Gasteiger charge is 2.11. The third-order valence-corrected chi connectivity index (χ3v) is 1.78. The van der Waals surface area contributed by atoms with E-state index in [1.807, 2.05) is 0 Å². The number of carbonyl (C=O) groups is 1. The summed E-state index contributed by atoms with van der Waals surface area (Å²) in [5, 5.41) is 2.36. The van der Waals surface area contributed by atoms with E-state index in [4.69, 9.17) is 4.55 Å². The number of nitrogens with one attached hydrogen (secondary N) is 1. The van der Waals surface area contributed by atoms with Gasteiger partial charge in [-0.15, -0.1) is 0 Å². The van der Waals surface area contributed by atoms with Crippen molar-refractivity contribution in [2.45, 2.75) is 6.92 Å². The van der Waals surface area contributed by atoms with Gasteiger partial charge in [0.2, 0.25) is 5.91 Å². The van der Waals surface area contributed by atoms with E-state index in [1.54, 1.807) is 6.07 Å².